The molecule has 2 aliphatic rings. The molecule has 1 aliphatic heterocycles. The number of nitrogens with zero attached hydrogens (tertiary/aromatic N) is 2. The number of carbonyl (C=O) groups excluding carboxylic acids is 2. The number of hydrogen-bond acceptors (Lipinski definition) is 6. The van der Waals surface area contributed by atoms with Crippen molar-refractivity contribution in [2.45, 2.75) is 31.6 Å². The third-order valence-electron chi connectivity index (χ3n) is 5.91. The lowest BCUT2D eigenvalue weighted by molar-refractivity contribution is -0.116. The summed E-state index contributed by atoms with van der Waals surface area (Å²) in [5.74, 6) is -0.139. The number of aromatic nitrogens is 2. The van der Waals surface area contributed by atoms with Crippen molar-refractivity contribution in [3.63, 3.8) is 0 Å². The van der Waals surface area contributed by atoms with E-state index in [1.165, 1.54) is 4.88 Å². The Morgan fingerprint density at radius 1 is 1.06 bits per heavy atom. The summed E-state index contributed by atoms with van der Waals surface area (Å²) in [6.45, 7) is 1.88. The Morgan fingerprint density at radius 3 is 2.56 bits per heavy atom. The van der Waals surface area contributed by atoms with Crippen LogP contribution in [0.5, 0.6) is 0 Å². The number of Topliss-reactive ketones (excluding diaryl/α,β-unsaturated/α-hetero) is 1. The average molecular weight is 443 g/mol. The van der Waals surface area contributed by atoms with Crippen LogP contribution in [0.25, 0.3) is 0 Å². The first-order valence-corrected chi connectivity index (χ1v) is 11.4. The van der Waals surface area contributed by atoms with Gasteiger partial charge in [0.05, 0.1) is 11.6 Å². The highest BCUT2D eigenvalue weighted by Gasteiger charge is 2.41. The number of amides is 1. The minimum atomic E-state index is -0.520. The van der Waals surface area contributed by atoms with Crippen molar-refractivity contribution in [2.24, 2.45) is 0 Å². The fourth-order valence-electron chi connectivity index (χ4n) is 4.53. The minimum Gasteiger partial charge on any atom is -0.362 e. The van der Waals surface area contributed by atoms with E-state index < -0.39 is 5.92 Å². The van der Waals surface area contributed by atoms with Gasteiger partial charge < -0.3 is 10.6 Å². The number of thiophene rings is 1. The van der Waals surface area contributed by atoms with Gasteiger partial charge >= 0.3 is 0 Å². The molecule has 3 aromatic heterocycles. The van der Waals surface area contributed by atoms with Crippen molar-refractivity contribution in [2.75, 3.05) is 5.32 Å². The summed E-state index contributed by atoms with van der Waals surface area (Å²) in [5.41, 5.74) is 3.45. The molecule has 0 radical (unpaired) electrons. The molecule has 0 fully saturated rings. The number of dihydropyridines is 1. The Hall–Kier alpha value is -3.58. The van der Waals surface area contributed by atoms with Crippen molar-refractivity contribution in [3.8, 4) is 0 Å². The SMILES string of the molecule is CC1=C(C(=O)Nc2ccccn2)C(c2ccccn2)C2=C(CC(c3cccs3)CC2=O)N1. The summed E-state index contributed by atoms with van der Waals surface area (Å²) in [6.07, 6.45) is 4.49. The number of ketones is 1. The summed E-state index contributed by atoms with van der Waals surface area (Å²) in [6, 6.07) is 15.0. The molecule has 1 amide bonds. The topological polar surface area (TPSA) is 84.0 Å². The molecule has 2 N–H and O–H groups in total. The monoisotopic (exact) mass is 442 g/mol. The van der Waals surface area contributed by atoms with Gasteiger partial charge in [-0.1, -0.05) is 18.2 Å². The molecule has 32 heavy (non-hydrogen) atoms. The van der Waals surface area contributed by atoms with Crippen LogP contribution in [0.4, 0.5) is 5.82 Å². The second-order valence-corrected chi connectivity index (χ2v) is 8.94. The fraction of sp³-hybridized carbons (Fsp3) is 0.200. The van der Waals surface area contributed by atoms with Crippen molar-refractivity contribution in [1.29, 1.82) is 0 Å². The average Bonchev–Trinajstić information content (AvgIpc) is 3.34. The van der Waals surface area contributed by atoms with E-state index >= 15 is 0 Å². The Kier molecular flexibility index (Phi) is 5.41. The van der Waals surface area contributed by atoms with Gasteiger partial charge in [0, 0.05) is 52.1 Å². The van der Waals surface area contributed by atoms with E-state index in [1.54, 1.807) is 35.9 Å². The first-order valence-electron chi connectivity index (χ1n) is 10.5. The Bertz CT molecular complexity index is 1220. The van der Waals surface area contributed by atoms with Gasteiger partial charge in [-0.2, -0.15) is 0 Å². The first-order chi connectivity index (χ1) is 15.6. The molecule has 3 aromatic rings. The molecule has 0 aromatic carbocycles. The van der Waals surface area contributed by atoms with Crippen LogP contribution in [0.2, 0.25) is 0 Å². The molecular formula is C25H22N4O2S. The number of hydrogen-bond donors (Lipinski definition) is 2. The second-order valence-electron chi connectivity index (χ2n) is 7.96. The molecule has 5 rings (SSSR count). The van der Waals surface area contributed by atoms with E-state index in [0.717, 1.165) is 17.8 Å². The molecule has 160 valence electrons. The van der Waals surface area contributed by atoms with E-state index in [2.05, 4.69) is 26.7 Å². The Morgan fingerprint density at radius 2 is 1.88 bits per heavy atom. The summed E-state index contributed by atoms with van der Waals surface area (Å²) in [4.78, 5) is 36.8. The molecular weight excluding hydrogens is 420 g/mol. The minimum absolute atomic E-state index is 0.0587. The second kappa shape index (κ2) is 8.51. The third kappa shape index (κ3) is 3.76. The van der Waals surface area contributed by atoms with Gasteiger partial charge in [-0.3, -0.25) is 14.6 Å². The third-order valence-corrected chi connectivity index (χ3v) is 6.94. The number of anilines is 1. The molecule has 6 nitrogen and oxygen atoms in total. The van der Waals surface area contributed by atoms with Gasteiger partial charge in [-0.15, -0.1) is 11.3 Å². The lowest BCUT2D eigenvalue weighted by Gasteiger charge is -2.36. The van der Waals surface area contributed by atoms with Gasteiger partial charge in [-0.05, 0) is 49.1 Å². The highest BCUT2D eigenvalue weighted by atomic mass is 32.1. The van der Waals surface area contributed by atoms with Crippen molar-refractivity contribution >= 4 is 28.8 Å². The zero-order valence-corrected chi connectivity index (χ0v) is 18.4. The van der Waals surface area contributed by atoms with Crippen molar-refractivity contribution in [1.82, 2.24) is 15.3 Å². The van der Waals surface area contributed by atoms with Gasteiger partial charge in [-0.25, -0.2) is 4.98 Å². The standard InChI is InChI=1S/C25H22N4O2S/c1-15-22(25(31)29-21-9-3-5-11-27-21)24(17-7-2-4-10-26-17)23-18(28-15)13-16(14-19(23)30)20-8-6-12-32-20/h2-12,16,24,28H,13-14H2,1H3,(H,27,29,31). The molecule has 1 aliphatic carbocycles. The molecule has 4 heterocycles. The van der Waals surface area contributed by atoms with E-state index in [1.807, 2.05) is 42.6 Å². The van der Waals surface area contributed by atoms with Crippen LogP contribution in [0.1, 0.15) is 42.2 Å². The maximum Gasteiger partial charge on any atom is 0.255 e. The summed E-state index contributed by atoms with van der Waals surface area (Å²) >= 11 is 1.68. The first kappa shape index (κ1) is 20.3. The van der Waals surface area contributed by atoms with E-state index in [0.29, 0.717) is 29.1 Å². The van der Waals surface area contributed by atoms with Crippen LogP contribution in [0.3, 0.4) is 0 Å². The van der Waals surface area contributed by atoms with Gasteiger partial charge in [0.25, 0.3) is 5.91 Å². The van der Waals surface area contributed by atoms with Crippen LogP contribution in [-0.4, -0.2) is 21.7 Å². The van der Waals surface area contributed by atoms with Crippen LogP contribution in [0, 0.1) is 0 Å². The van der Waals surface area contributed by atoms with Crippen LogP contribution in [0.15, 0.2) is 88.8 Å². The number of nitrogens with one attached hydrogen (secondary N) is 2. The predicted molar refractivity (Wildman–Crippen MR) is 124 cm³/mol. The zero-order chi connectivity index (χ0) is 22.1. The van der Waals surface area contributed by atoms with Gasteiger partial charge in [0.1, 0.15) is 5.82 Å². The van der Waals surface area contributed by atoms with Gasteiger partial charge in [0.2, 0.25) is 0 Å². The quantitative estimate of drug-likeness (QED) is 0.620. The maximum atomic E-state index is 13.5. The summed E-state index contributed by atoms with van der Waals surface area (Å²) < 4.78 is 0. The molecule has 0 saturated carbocycles. The molecule has 2 unspecified atom stereocenters. The molecule has 0 bridgehead atoms. The number of allylic oxidation sites excluding steroid dienone is 3. The lowest BCUT2D eigenvalue weighted by Crippen LogP contribution is -2.37. The molecule has 7 heteroatoms. The number of rotatable bonds is 4. The maximum absolute atomic E-state index is 13.5. The van der Waals surface area contributed by atoms with Crippen molar-refractivity contribution < 1.29 is 9.59 Å². The van der Waals surface area contributed by atoms with E-state index in [4.69, 9.17) is 0 Å². The van der Waals surface area contributed by atoms with Crippen LogP contribution < -0.4 is 10.6 Å². The number of pyridine rings is 2. The molecule has 2 atom stereocenters. The van der Waals surface area contributed by atoms with Gasteiger partial charge in [0.15, 0.2) is 5.78 Å². The molecule has 0 spiro atoms. The largest absolute Gasteiger partial charge is 0.362 e. The van der Waals surface area contributed by atoms with Crippen molar-refractivity contribution in [3.05, 3.63) is 99.4 Å². The smallest absolute Gasteiger partial charge is 0.255 e. The molecule has 0 saturated heterocycles. The predicted octanol–water partition coefficient (Wildman–Crippen LogP) is 4.54. The zero-order valence-electron chi connectivity index (χ0n) is 17.5. The summed E-state index contributed by atoms with van der Waals surface area (Å²) in [5, 5.41) is 8.31. The van der Waals surface area contributed by atoms with Crippen LogP contribution >= 0.6 is 11.3 Å². The normalized spacial score (nSPS) is 20.6. The highest BCUT2D eigenvalue weighted by Crippen LogP contribution is 2.45. The lowest BCUT2D eigenvalue weighted by atomic mass is 9.73. The van der Waals surface area contributed by atoms with Crippen LogP contribution in [-0.2, 0) is 9.59 Å². The van der Waals surface area contributed by atoms with E-state index in [9.17, 15) is 9.59 Å². The Balaban J connectivity index is 1.56. The summed E-state index contributed by atoms with van der Waals surface area (Å²) in [7, 11) is 0. The van der Waals surface area contributed by atoms with E-state index in [-0.39, 0.29) is 17.6 Å². The highest BCUT2D eigenvalue weighted by molar-refractivity contribution is 7.10. The fourth-order valence-corrected chi connectivity index (χ4v) is 5.36. The number of carbonyl (C=O) groups is 2. The Labute approximate surface area is 190 Å².